The van der Waals surface area contributed by atoms with Crippen LogP contribution in [0.15, 0.2) is 0 Å². The van der Waals surface area contributed by atoms with Crippen LogP contribution < -0.4 is 10.2 Å². The third-order valence-electron chi connectivity index (χ3n) is 1.27. The van der Waals surface area contributed by atoms with Gasteiger partial charge in [-0.05, 0) is 13.8 Å². The molecule has 0 aliphatic heterocycles. The zero-order chi connectivity index (χ0) is 14.9. The van der Waals surface area contributed by atoms with Crippen molar-refractivity contribution in [1.82, 2.24) is 0 Å². The van der Waals surface area contributed by atoms with Gasteiger partial charge in [-0.15, -0.1) is 0 Å². The van der Waals surface area contributed by atoms with Gasteiger partial charge in [0.05, 0.1) is 12.8 Å². The first-order chi connectivity index (χ1) is 8.07. The molecule has 0 heterocycles. The van der Waals surface area contributed by atoms with Gasteiger partial charge < -0.3 is 25.3 Å². The van der Waals surface area contributed by atoms with Crippen LogP contribution in [0.4, 0.5) is 0 Å². The topological polar surface area (TPSA) is 180 Å². The Morgan fingerprint density at radius 3 is 0.950 bits per heavy atom. The van der Waals surface area contributed by atoms with Crippen molar-refractivity contribution < 1.29 is 63.9 Å². The van der Waals surface area contributed by atoms with E-state index in [0.29, 0.717) is 0 Å². The Kier molecular flexibility index (Phi) is 18.2. The molecule has 0 fully saturated rings. The van der Waals surface area contributed by atoms with Crippen molar-refractivity contribution in [2.24, 2.45) is 0 Å². The van der Waals surface area contributed by atoms with Crippen LogP contribution in [0.3, 0.4) is 0 Å². The molecule has 0 aliphatic carbocycles. The second-order valence-electron chi connectivity index (χ2n) is 3.18. The third-order valence-corrected chi connectivity index (χ3v) is 1.27. The molecule has 0 unspecified atom stereocenters. The summed E-state index contributed by atoms with van der Waals surface area (Å²) in [6.45, 7) is 2.28. The van der Waals surface area contributed by atoms with E-state index in [1.807, 2.05) is 0 Å². The van der Waals surface area contributed by atoms with E-state index in [1.165, 1.54) is 0 Å². The largest absolute Gasteiger partial charge is 2.00 e. The molecule has 0 atom stereocenters. The maximum atomic E-state index is 10.1. The Hall–Kier alpha value is -1.80. The average Bonchev–Trinajstić information content (AvgIpc) is 2.16. The minimum Gasteiger partial charge on any atom is -0.542 e. The van der Waals surface area contributed by atoms with E-state index < -0.39 is 47.9 Å². The number of aliphatic carboxylic acids is 2. The predicted molar refractivity (Wildman–Crippen MR) is 54.2 cm³/mol. The first-order valence-corrected chi connectivity index (χ1v) is 4.55. The number of carbonyl (C=O) groups is 6. The summed E-state index contributed by atoms with van der Waals surface area (Å²) in [7, 11) is 0. The smallest absolute Gasteiger partial charge is 0.542 e. The normalized spacial score (nSPS) is 7.70. The van der Waals surface area contributed by atoms with Gasteiger partial charge in [0, 0.05) is 0 Å². The van der Waals surface area contributed by atoms with Gasteiger partial charge in [-0.25, -0.2) is 0 Å². The fourth-order valence-electron chi connectivity index (χ4n) is 0.597. The van der Waals surface area contributed by atoms with Gasteiger partial charge in [-0.3, -0.25) is 19.2 Å². The van der Waals surface area contributed by atoms with E-state index in [9.17, 15) is 39.0 Å². The molecule has 0 aliphatic rings. The van der Waals surface area contributed by atoms with Crippen LogP contribution in [0.25, 0.3) is 0 Å². The van der Waals surface area contributed by atoms with Crippen LogP contribution >= 0.6 is 0 Å². The van der Waals surface area contributed by atoms with E-state index in [2.05, 4.69) is 0 Å². The quantitative estimate of drug-likeness (QED) is 0.264. The summed E-state index contributed by atoms with van der Waals surface area (Å²) in [4.78, 5) is 59.5. The summed E-state index contributed by atoms with van der Waals surface area (Å²) >= 11 is 0. The molecule has 0 rings (SSSR count). The number of Topliss-reactive ketones (excluding diaryl/α,β-unsaturated/α-hetero) is 4. The van der Waals surface area contributed by atoms with Crippen LogP contribution in [0, 0.1) is 0 Å². The molecule has 0 spiro atoms. The number of carbonyl (C=O) groups excluding carboxylic acids is 6. The van der Waals surface area contributed by atoms with Gasteiger partial charge >= 0.3 is 19.5 Å². The second-order valence-corrected chi connectivity index (χ2v) is 3.18. The molecule has 0 amide bonds. The predicted octanol–water partition coefficient (Wildman–Crippen LogP) is -4.26. The molecule has 0 aromatic carbocycles. The molecule has 0 saturated carbocycles. The van der Waals surface area contributed by atoms with E-state index in [0.717, 1.165) is 13.8 Å². The minimum atomic E-state index is -1.80. The van der Waals surface area contributed by atoms with Gasteiger partial charge in [-0.1, -0.05) is 0 Å². The first kappa shape index (κ1) is 26.7. The zero-order valence-electron chi connectivity index (χ0n) is 10.9. The molecular formula is C10H12O9Zn. The zero-order valence-corrected chi connectivity index (χ0v) is 13.9. The van der Waals surface area contributed by atoms with Crippen molar-refractivity contribution in [1.29, 1.82) is 0 Å². The van der Waals surface area contributed by atoms with Crippen molar-refractivity contribution >= 4 is 35.1 Å². The van der Waals surface area contributed by atoms with Gasteiger partial charge in [0.1, 0.15) is 23.5 Å². The number of carboxylic acid groups (broad SMARTS) is 2. The molecule has 0 bridgehead atoms. The number of hydrogen-bond donors (Lipinski definition) is 0. The van der Waals surface area contributed by atoms with Crippen LogP contribution in [-0.2, 0) is 48.2 Å². The Bertz CT molecular complexity index is 362. The SMILES string of the molecule is CC(=O)CC(=O)C(=O)[O-].CC(=O)CC(=O)C(=O)[O-].O.[Zn+2]. The van der Waals surface area contributed by atoms with E-state index in [-0.39, 0.29) is 25.0 Å². The fraction of sp³-hybridized carbons (Fsp3) is 0.400. The number of rotatable bonds is 6. The molecule has 2 N–H and O–H groups in total. The van der Waals surface area contributed by atoms with Crippen molar-refractivity contribution in [3.05, 3.63) is 0 Å². The Labute approximate surface area is 126 Å². The molecule has 20 heavy (non-hydrogen) atoms. The standard InChI is InChI=1S/2C5H6O4.H2O.Zn/c2*1-3(6)2-4(7)5(8)9;;/h2*2H2,1H3,(H,8,9);1H2;/q;;;+2/p-2. The Morgan fingerprint density at radius 1 is 0.700 bits per heavy atom. The molecule has 0 aromatic heterocycles. The number of carboxylic acids is 2. The molecule has 9 nitrogen and oxygen atoms in total. The van der Waals surface area contributed by atoms with Gasteiger partial charge in [0.15, 0.2) is 11.6 Å². The Morgan fingerprint density at radius 2 is 0.900 bits per heavy atom. The summed E-state index contributed by atoms with van der Waals surface area (Å²) in [6, 6.07) is 0. The van der Waals surface area contributed by atoms with Gasteiger partial charge in [-0.2, -0.15) is 0 Å². The van der Waals surface area contributed by atoms with Crippen molar-refractivity contribution in [3.8, 4) is 0 Å². The molecular weight excluding hydrogens is 329 g/mol. The molecule has 0 radical (unpaired) electrons. The van der Waals surface area contributed by atoms with Crippen LogP contribution in [0.2, 0.25) is 0 Å². The van der Waals surface area contributed by atoms with Crippen molar-refractivity contribution in [2.75, 3.05) is 0 Å². The molecule has 0 aromatic rings. The van der Waals surface area contributed by atoms with E-state index in [4.69, 9.17) is 0 Å². The summed E-state index contributed by atoms with van der Waals surface area (Å²) in [5.74, 6) is -6.87. The summed E-state index contributed by atoms with van der Waals surface area (Å²) < 4.78 is 0. The third kappa shape index (κ3) is 18.6. The molecule has 108 valence electrons. The number of hydrogen-bond acceptors (Lipinski definition) is 8. The van der Waals surface area contributed by atoms with Crippen LogP contribution in [0.5, 0.6) is 0 Å². The summed E-state index contributed by atoms with van der Waals surface area (Å²) in [6.07, 6.45) is -1.13. The maximum absolute atomic E-state index is 10.1. The van der Waals surface area contributed by atoms with Crippen molar-refractivity contribution in [3.63, 3.8) is 0 Å². The number of ketones is 4. The molecule has 0 saturated heterocycles. The van der Waals surface area contributed by atoms with Crippen LogP contribution in [0.1, 0.15) is 26.7 Å². The maximum Gasteiger partial charge on any atom is 2.00 e. The summed E-state index contributed by atoms with van der Waals surface area (Å²) in [5.41, 5.74) is 0. The second kappa shape index (κ2) is 13.6. The minimum absolute atomic E-state index is 0. The molecule has 10 heteroatoms. The fourth-order valence-corrected chi connectivity index (χ4v) is 0.597. The first-order valence-electron chi connectivity index (χ1n) is 4.55. The van der Waals surface area contributed by atoms with Gasteiger partial charge in [0.25, 0.3) is 0 Å². The average molecular weight is 342 g/mol. The van der Waals surface area contributed by atoms with E-state index in [1.54, 1.807) is 0 Å². The van der Waals surface area contributed by atoms with Crippen molar-refractivity contribution in [2.45, 2.75) is 26.7 Å². The van der Waals surface area contributed by atoms with Crippen LogP contribution in [-0.4, -0.2) is 40.5 Å². The monoisotopic (exact) mass is 340 g/mol. The summed E-state index contributed by atoms with van der Waals surface area (Å²) in [5, 5.41) is 19.2. The van der Waals surface area contributed by atoms with E-state index >= 15 is 0 Å². The van der Waals surface area contributed by atoms with Gasteiger partial charge in [0.2, 0.25) is 0 Å². The Balaban J connectivity index is -0.000000116.